The molecule has 0 bridgehead atoms. The molecule has 1 radical (unpaired) electrons. The molecule has 0 fully saturated rings. The second-order valence-electron chi connectivity index (χ2n) is 8.60. The third-order valence-electron chi connectivity index (χ3n) is 3.97. The summed E-state index contributed by atoms with van der Waals surface area (Å²) in [6, 6.07) is 10.6. The van der Waals surface area contributed by atoms with E-state index in [-0.39, 0.29) is 63.0 Å². The number of benzene rings is 2. The number of nitrogens with zero attached hydrogens (tertiary/aromatic N) is 4. The first kappa shape index (κ1) is 36.1. The summed E-state index contributed by atoms with van der Waals surface area (Å²) in [7, 11) is 3.41. The molecule has 4 aromatic rings. The van der Waals surface area contributed by atoms with Gasteiger partial charge in [-0.1, -0.05) is 0 Å². The van der Waals surface area contributed by atoms with Gasteiger partial charge in [0.25, 0.3) is 20.2 Å². The molecule has 4 rings (SSSR count). The SMILES string of the molecule is CN(C)C.CN(C)C.O=S(=O)(O)c1ccc(O)c2ncccc12.O=S(=O)(O)c1ccc(O)c2ncccc12.[Cu].[H+].[H+]. The Hall–Kier alpha value is -2.88. The molecule has 0 aliphatic heterocycles. The van der Waals surface area contributed by atoms with Crippen LogP contribution in [0.25, 0.3) is 21.8 Å². The van der Waals surface area contributed by atoms with Crippen LogP contribution in [0.15, 0.2) is 70.7 Å². The van der Waals surface area contributed by atoms with Crippen LogP contribution in [-0.2, 0) is 37.3 Å². The predicted octanol–water partition coefficient (Wildman–Crippen LogP) is 2.95. The van der Waals surface area contributed by atoms with Gasteiger partial charge in [-0.05, 0) is 90.8 Å². The van der Waals surface area contributed by atoms with E-state index in [9.17, 15) is 27.0 Å². The van der Waals surface area contributed by atoms with Crippen molar-refractivity contribution in [2.45, 2.75) is 9.79 Å². The molecule has 0 atom stereocenters. The van der Waals surface area contributed by atoms with Crippen molar-refractivity contribution in [2.24, 2.45) is 0 Å². The van der Waals surface area contributed by atoms with Gasteiger partial charge in [-0.3, -0.25) is 19.1 Å². The average molecular weight is 634 g/mol. The van der Waals surface area contributed by atoms with Crippen molar-refractivity contribution in [3.63, 3.8) is 0 Å². The summed E-state index contributed by atoms with van der Waals surface area (Å²) in [4.78, 5) is 11.1. The third-order valence-corrected chi connectivity index (χ3v) is 5.80. The van der Waals surface area contributed by atoms with E-state index in [4.69, 9.17) is 9.11 Å². The number of aromatic nitrogens is 2. The summed E-state index contributed by atoms with van der Waals surface area (Å²) in [6.45, 7) is 0. The van der Waals surface area contributed by atoms with E-state index in [1.165, 1.54) is 48.8 Å². The fourth-order valence-electron chi connectivity index (χ4n) is 2.71. The second-order valence-corrected chi connectivity index (χ2v) is 11.4. The third kappa shape index (κ3) is 11.8. The van der Waals surface area contributed by atoms with E-state index in [0.29, 0.717) is 0 Å². The molecule has 0 amide bonds. The van der Waals surface area contributed by atoms with Crippen LogP contribution < -0.4 is 0 Å². The molecule has 15 heteroatoms. The fourth-order valence-corrected chi connectivity index (χ4v) is 4.08. The number of phenols is 2. The Morgan fingerprint density at radius 3 is 1.15 bits per heavy atom. The molecule has 0 unspecified atom stereocenters. The molecule has 12 nitrogen and oxygen atoms in total. The van der Waals surface area contributed by atoms with Gasteiger partial charge in [0.05, 0.1) is 0 Å². The molecule has 0 saturated carbocycles. The average Bonchev–Trinajstić information content (AvgIpc) is 2.78. The van der Waals surface area contributed by atoms with Crippen molar-refractivity contribution in [1.82, 2.24) is 19.8 Å². The topological polar surface area (TPSA) is 181 Å². The quantitative estimate of drug-likeness (QED) is 0.187. The Labute approximate surface area is 241 Å². The maximum absolute atomic E-state index is 11.0. The van der Waals surface area contributed by atoms with Gasteiger partial charge in [-0.25, -0.2) is 0 Å². The molecule has 2 aromatic heterocycles. The fraction of sp³-hybridized carbons (Fsp3) is 0.250. The molecular weight excluding hydrogens is 600 g/mol. The van der Waals surface area contributed by atoms with Crippen molar-refractivity contribution < 1.29 is 56.1 Å². The number of rotatable bonds is 2. The smallest absolute Gasteiger partial charge is 0.506 e. The first-order valence-corrected chi connectivity index (χ1v) is 13.6. The molecule has 2 aromatic carbocycles. The summed E-state index contributed by atoms with van der Waals surface area (Å²) >= 11 is 0. The van der Waals surface area contributed by atoms with E-state index in [1.54, 1.807) is 0 Å². The number of hydrogen-bond acceptors (Lipinski definition) is 10. The number of fused-ring (bicyclic) bond motifs is 2. The van der Waals surface area contributed by atoms with E-state index >= 15 is 0 Å². The molecular formula is C24H34CuN4O8S2+2. The zero-order valence-electron chi connectivity index (χ0n) is 24.1. The molecule has 0 aliphatic rings. The van der Waals surface area contributed by atoms with Crippen molar-refractivity contribution in [1.29, 1.82) is 0 Å². The van der Waals surface area contributed by atoms with Crippen LogP contribution in [0.3, 0.4) is 0 Å². The Balaban J connectivity index is -0.000000529. The molecule has 0 spiro atoms. The number of phenolic OH excluding ortho intramolecular Hbond substituents is 2. The normalized spacial score (nSPS) is 10.9. The van der Waals surface area contributed by atoms with Gasteiger partial charge in [0.2, 0.25) is 0 Å². The maximum Gasteiger partial charge on any atom is 1.00 e. The summed E-state index contributed by atoms with van der Waals surface area (Å²) in [5.41, 5.74) is 0.292. The van der Waals surface area contributed by atoms with Crippen molar-refractivity contribution in [3.8, 4) is 11.5 Å². The first-order valence-electron chi connectivity index (χ1n) is 10.8. The minimum absolute atomic E-state index is 0. The van der Waals surface area contributed by atoms with Gasteiger partial charge in [-0.2, -0.15) is 16.8 Å². The predicted molar refractivity (Wildman–Crippen MR) is 148 cm³/mol. The summed E-state index contributed by atoms with van der Waals surface area (Å²) < 4.78 is 61.9. The van der Waals surface area contributed by atoms with Gasteiger partial charge < -0.3 is 20.0 Å². The van der Waals surface area contributed by atoms with E-state index in [1.807, 2.05) is 52.1 Å². The summed E-state index contributed by atoms with van der Waals surface area (Å²) in [6.07, 6.45) is 2.85. The molecule has 4 N–H and O–H groups in total. The molecule has 219 valence electrons. The standard InChI is InChI=1S/2C9H7NO4S.2C3H9N.Cu/c2*11-7-3-4-8(15(12,13)14)6-2-1-5-10-9(6)7;2*1-4(2)3;/h2*1-5,11H,(H,12,13,14);2*1-3H3;/p+2. The zero-order valence-corrected chi connectivity index (χ0v) is 24.7. The van der Waals surface area contributed by atoms with Crippen LogP contribution >= 0.6 is 0 Å². The van der Waals surface area contributed by atoms with E-state index in [0.717, 1.165) is 12.1 Å². The van der Waals surface area contributed by atoms with Crippen LogP contribution in [-0.4, -0.2) is 98.2 Å². The van der Waals surface area contributed by atoms with Crippen LogP contribution in [0.1, 0.15) is 2.85 Å². The summed E-state index contributed by atoms with van der Waals surface area (Å²) in [5, 5.41) is 19.2. The first-order chi connectivity index (χ1) is 17.5. The van der Waals surface area contributed by atoms with E-state index < -0.39 is 20.2 Å². The number of aromatic hydroxyl groups is 2. The second kappa shape index (κ2) is 15.6. The Bertz CT molecular complexity index is 1470. The minimum Gasteiger partial charge on any atom is -0.506 e. The van der Waals surface area contributed by atoms with Crippen LogP contribution in [0.4, 0.5) is 0 Å². The molecule has 2 heterocycles. The molecule has 0 aliphatic carbocycles. The van der Waals surface area contributed by atoms with Crippen LogP contribution in [0.5, 0.6) is 11.5 Å². The van der Waals surface area contributed by atoms with Crippen LogP contribution in [0.2, 0.25) is 0 Å². The largest absolute Gasteiger partial charge is 1.00 e. The maximum atomic E-state index is 11.0. The Morgan fingerprint density at radius 1 is 0.615 bits per heavy atom. The number of pyridine rings is 2. The molecule has 39 heavy (non-hydrogen) atoms. The molecule has 0 saturated heterocycles. The monoisotopic (exact) mass is 633 g/mol. The zero-order chi connectivity index (χ0) is 29.3. The number of hydrogen-bond donors (Lipinski definition) is 4. The van der Waals surface area contributed by atoms with E-state index in [2.05, 4.69) is 9.97 Å². The van der Waals surface area contributed by atoms with Crippen molar-refractivity contribution >= 4 is 42.0 Å². The summed E-state index contributed by atoms with van der Waals surface area (Å²) in [5.74, 6) is -0.254. The van der Waals surface area contributed by atoms with Crippen LogP contribution in [0, 0.1) is 0 Å². The van der Waals surface area contributed by atoms with Gasteiger partial charge >= 0.3 is 2.85 Å². The van der Waals surface area contributed by atoms with Gasteiger partial charge in [0, 0.05) is 40.2 Å². The van der Waals surface area contributed by atoms with Gasteiger partial charge in [-0.15, -0.1) is 0 Å². The Morgan fingerprint density at radius 2 is 0.897 bits per heavy atom. The van der Waals surface area contributed by atoms with Gasteiger partial charge in [0.15, 0.2) is 0 Å². The van der Waals surface area contributed by atoms with Crippen molar-refractivity contribution in [2.75, 3.05) is 42.3 Å². The van der Waals surface area contributed by atoms with Crippen molar-refractivity contribution in [3.05, 3.63) is 60.9 Å². The minimum atomic E-state index is -4.30. The van der Waals surface area contributed by atoms with Gasteiger partial charge in [0.1, 0.15) is 32.3 Å². The Kier molecular flexibility index (Phi) is 14.5.